The number of rotatable bonds is 4. The molecule has 1 aliphatic carbocycles. The number of fused-ring (bicyclic) bond motifs is 1. The summed E-state index contributed by atoms with van der Waals surface area (Å²) >= 11 is 0. The Bertz CT molecular complexity index is 498. The Labute approximate surface area is 119 Å². The Kier molecular flexibility index (Phi) is 4.77. The molecule has 0 fully saturated rings. The molecule has 0 saturated heterocycles. The number of hydrogen-bond acceptors (Lipinski definition) is 3. The van der Waals surface area contributed by atoms with Crippen LogP contribution < -0.4 is 0 Å². The van der Waals surface area contributed by atoms with Crippen molar-refractivity contribution in [1.82, 2.24) is 4.90 Å². The van der Waals surface area contributed by atoms with Crippen LogP contribution in [0.15, 0.2) is 24.3 Å². The number of aryl methyl sites for hydroxylation is 1. The van der Waals surface area contributed by atoms with Crippen LogP contribution in [-0.2, 0) is 27.2 Å². The second kappa shape index (κ2) is 6.55. The van der Waals surface area contributed by atoms with Gasteiger partial charge in [0.2, 0.25) is 5.91 Å². The van der Waals surface area contributed by atoms with Gasteiger partial charge in [-0.15, -0.1) is 0 Å². The van der Waals surface area contributed by atoms with Gasteiger partial charge in [-0.2, -0.15) is 0 Å². The summed E-state index contributed by atoms with van der Waals surface area (Å²) < 4.78 is 4.87. The van der Waals surface area contributed by atoms with Gasteiger partial charge in [0.05, 0.1) is 6.61 Å². The van der Waals surface area contributed by atoms with Gasteiger partial charge in [0.1, 0.15) is 6.54 Å². The predicted octanol–water partition coefficient (Wildman–Crippen LogP) is 1.81. The first-order valence-corrected chi connectivity index (χ1v) is 7.09. The van der Waals surface area contributed by atoms with Crippen molar-refractivity contribution in [3.05, 3.63) is 35.4 Å². The molecule has 0 spiro atoms. The maximum atomic E-state index is 12.4. The largest absolute Gasteiger partial charge is 0.465 e. The van der Waals surface area contributed by atoms with Crippen molar-refractivity contribution in [2.75, 3.05) is 20.2 Å². The average Bonchev–Trinajstić information content (AvgIpc) is 2.46. The third-order valence-electron chi connectivity index (χ3n) is 3.74. The summed E-state index contributed by atoms with van der Waals surface area (Å²) in [5.74, 6) is -0.337. The molecule has 0 bridgehead atoms. The lowest BCUT2D eigenvalue weighted by atomic mass is 9.83. The molecule has 0 N–H and O–H groups in total. The highest BCUT2D eigenvalue weighted by Gasteiger charge is 2.27. The Balaban J connectivity index is 1.95. The smallest absolute Gasteiger partial charge is 0.325 e. The molecule has 2 rings (SSSR count). The van der Waals surface area contributed by atoms with Crippen LogP contribution in [0.25, 0.3) is 0 Å². The minimum absolute atomic E-state index is 0.0238. The molecule has 108 valence electrons. The van der Waals surface area contributed by atoms with Gasteiger partial charge in [-0.05, 0) is 37.3 Å². The number of benzene rings is 1. The Morgan fingerprint density at radius 3 is 2.70 bits per heavy atom. The fraction of sp³-hybridized carbons (Fsp3) is 0.500. The highest BCUT2D eigenvalue weighted by atomic mass is 16.5. The molecule has 4 nitrogen and oxygen atoms in total. The lowest BCUT2D eigenvalue weighted by Gasteiger charge is -2.27. The number of amides is 1. The van der Waals surface area contributed by atoms with Gasteiger partial charge in [-0.25, -0.2) is 0 Å². The third kappa shape index (κ3) is 3.38. The standard InChI is InChI=1S/C16H21NO3/c1-3-20-15(18)11-17(2)16(19)14-9-8-12-6-4-5-7-13(12)10-14/h4-7,14H,3,8-11H2,1-2H3. The molecular formula is C16H21NO3. The van der Waals surface area contributed by atoms with Gasteiger partial charge in [-0.1, -0.05) is 24.3 Å². The third-order valence-corrected chi connectivity index (χ3v) is 3.74. The van der Waals surface area contributed by atoms with Crippen LogP contribution in [0.2, 0.25) is 0 Å². The van der Waals surface area contributed by atoms with E-state index < -0.39 is 0 Å². The van der Waals surface area contributed by atoms with Crippen molar-refractivity contribution in [3.8, 4) is 0 Å². The molecule has 1 unspecified atom stereocenters. The average molecular weight is 275 g/mol. The van der Waals surface area contributed by atoms with Gasteiger partial charge < -0.3 is 9.64 Å². The van der Waals surface area contributed by atoms with E-state index >= 15 is 0 Å². The van der Waals surface area contributed by atoms with Gasteiger partial charge in [0, 0.05) is 13.0 Å². The van der Waals surface area contributed by atoms with Crippen LogP contribution in [0.4, 0.5) is 0 Å². The number of carbonyl (C=O) groups is 2. The fourth-order valence-electron chi connectivity index (χ4n) is 2.70. The van der Waals surface area contributed by atoms with E-state index in [1.807, 2.05) is 12.1 Å². The van der Waals surface area contributed by atoms with Gasteiger partial charge in [-0.3, -0.25) is 9.59 Å². The number of ether oxygens (including phenoxy) is 1. The molecule has 1 aromatic carbocycles. The SMILES string of the molecule is CCOC(=O)CN(C)C(=O)C1CCc2ccccc2C1. The molecule has 0 radical (unpaired) electrons. The van der Waals surface area contributed by atoms with E-state index in [9.17, 15) is 9.59 Å². The van der Waals surface area contributed by atoms with Crippen LogP contribution in [0.3, 0.4) is 0 Å². The van der Waals surface area contributed by atoms with Gasteiger partial charge in [0.15, 0.2) is 0 Å². The van der Waals surface area contributed by atoms with E-state index in [1.165, 1.54) is 16.0 Å². The maximum Gasteiger partial charge on any atom is 0.325 e. The zero-order valence-electron chi connectivity index (χ0n) is 12.1. The molecule has 0 aliphatic heterocycles. The first-order chi connectivity index (χ1) is 9.61. The summed E-state index contributed by atoms with van der Waals surface area (Å²) in [5, 5.41) is 0. The van der Waals surface area contributed by atoms with Crippen molar-refractivity contribution in [2.45, 2.75) is 26.2 Å². The number of nitrogens with zero attached hydrogens (tertiary/aromatic N) is 1. The van der Waals surface area contributed by atoms with Crippen molar-refractivity contribution in [1.29, 1.82) is 0 Å². The summed E-state index contributed by atoms with van der Waals surface area (Å²) in [7, 11) is 1.67. The monoisotopic (exact) mass is 275 g/mol. The van der Waals surface area contributed by atoms with Crippen molar-refractivity contribution in [3.63, 3.8) is 0 Å². The van der Waals surface area contributed by atoms with E-state index in [2.05, 4.69) is 12.1 Å². The summed E-state index contributed by atoms with van der Waals surface area (Å²) in [4.78, 5) is 25.3. The lowest BCUT2D eigenvalue weighted by molar-refractivity contribution is -0.149. The molecule has 1 atom stereocenters. The number of esters is 1. The van der Waals surface area contributed by atoms with E-state index in [0.29, 0.717) is 6.61 Å². The number of hydrogen-bond donors (Lipinski definition) is 0. The molecular weight excluding hydrogens is 254 g/mol. The quantitative estimate of drug-likeness (QED) is 0.787. The minimum atomic E-state index is -0.348. The predicted molar refractivity (Wildman–Crippen MR) is 76.2 cm³/mol. The van der Waals surface area contributed by atoms with Crippen molar-refractivity contribution in [2.24, 2.45) is 5.92 Å². The van der Waals surface area contributed by atoms with Crippen molar-refractivity contribution < 1.29 is 14.3 Å². The number of carbonyl (C=O) groups excluding carboxylic acids is 2. The van der Waals surface area contributed by atoms with Crippen LogP contribution >= 0.6 is 0 Å². The summed E-state index contributed by atoms with van der Waals surface area (Å²) in [6, 6.07) is 8.25. The van der Waals surface area contributed by atoms with E-state index in [-0.39, 0.29) is 24.3 Å². The van der Waals surface area contributed by atoms with Crippen LogP contribution in [-0.4, -0.2) is 37.0 Å². The van der Waals surface area contributed by atoms with Gasteiger partial charge in [0.25, 0.3) is 0 Å². The maximum absolute atomic E-state index is 12.4. The summed E-state index contributed by atoms with van der Waals surface area (Å²) in [6.45, 7) is 2.14. The molecule has 1 aromatic rings. The molecule has 0 aromatic heterocycles. The van der Waals surface area contributed by atoms with E-state index in [4.69, 9.17) is 4.74 Å². The second-order valence-corrected chi connectivity index (χ2v) is 5.21. The number of likely N-dealkylation sites (N-methyl/N-ethyl adjacent to an activating group) is 1. The fourth-order valence-corrected chi connectivity index (χ4v) is 2.70. The molecule has 0 heterocycles. The molecule has 4 heteroatoms. The molecule has 0 saturated carbocycles. The summed E-state index contributed by atoms with van der Waals surface area (Å²) in [6.07, 6.45) is 2.55. The topological polar surface area (TPSA) is 46.6 Å². The molecule has 1 aliphatic rings. The zero-order chi connectivity index (χ0) is 14.5. The van der Waals surface area contributed by atoms with Crippen molar-refractivity contribution >= 4 is 11.9 Å². The Hall–Kier alpha value is -1.84. The summed E-state index contributed by atoms with van der Waals surface area (Å²) in [5.41, 5.74) is 2.59. The highest BCUT2D eigenvalue weighted by Crippen LogP contribution is 2.26. The van der Waals surface area contributed by atoms with Crippen LogP contribution in [0.1, 0.15) is 24.5 Å². The molecule has 20 heavy (non-hydrogen) atoms. The van der Waals surface area contributed by atoms with E-state index in [0.717, 1.165) is 19.3 Å². The van der Waals surface area contributed by atoms with Crippen LogP contribution in [0.5, 0.6) is 0 Å². The second-order valence-electron chi connectivity index (χ2n) is 5.21. The van der Waals surface area contributed by atoms with Gasteiger partial charge >= 0.3 is 5.97 Å². The Morgan fingerprint density at radius 1 is 1.30 bits per heavy atom. The first-order valence-electron chi connectivity index (χ1n) is 7.09. The normalized spacial score (nSPS) is 17.2. The van der Waals surface area contributed by atoms with Crippen LogP contribution in [0, 0.1) is 5.92 Å². The minimum Gasteiger partial charge on any atom is -0.465 e. The molecule has 1 amide bonds. The highest BCUT2D eigenvalue weighted by molar-refractivity contribution is 5.83. The Morgan fingerprint density at radius 2 is 2.00 bits per heavy atom. The first kappa shape index (κ1) is 14.6. The lowest BCUT2D eigenvalue weighted by Crippen LogP contribution is -2.39. The van der Waals surface area contributed by atoms with E-state index in [1.54, 1.807) is 14.0 Å². The zero-order valence-corrected chi connectivity index (χ0v) is 12.1.